The van der Waals surface area contributed by atoms with E-state index in [1.165, 1.54) is 0 Å². The van der Waals surface area contributed by atoms with Crippen LogP contribution in [0, 0.1) is 0 Å². The van der Waals surface area contributed by atoms with E-state index in [1.807, 2.05) is 34.6 Å². The summed E-state index contributed by atoms with van der Waals surface area (Å²) < 4.78 is 28.7. The molecule has 3 atom stereocenters. The normalized spacial score (nSPS) is 41.1. The van der Waals surface area contributed by atoms with Crippen molar-refractivity contribution in [3.63, 3.8) is 0 Å². The Morgan fingerprint density at radius 2 is 1.72 bits per heavy atom. The lowest BCUT2D eigenvalue weighted by atomic mass is 10.1. The van der Waals surface area contributed by atoms with Gasteiger partial charge in [0, 0.05) is 5.57 Å². The molecule has 0 aromatic heterocycles. The molecule has 0 amide bonds. The van der Waals surface area contributed by atoms with Gasteiger partial charge in [-0.1, -0.05) is 0 Å². The maximum Gasteiger partial charge on any atom is 0.232 e. The molecule has 3 aliphatic heterocycles. The van der Waals surface area contributed by atoms with E-state index in [0.717, 1.165) is 11.3 Å². The zero-order chi connectivity index (χ0) is 13.1. The molecule has 0 aromatic carbocycles. The van der Waals surface area contributed by atoms with Crippen LogP contribution >= 0.6 is 0 Å². The molecule has 0 unspecified atom stereocenters. The van der Waals surface area contributed by atoms with Crippen LogP contribution in [0.5, 0.6) is 0 Å². The first-order valence-electron chi connectivity index (χ1n) is 6.32. The minimum Gasteiger partial charge on any atom is -0.463 e. The molecule has 2 saturated heterocycles. The van der Waals surface area contributed by atoms with Gasteiger partial charge in [-0.05, 0) is 34.6 Å². The first-order valence-corrected chi connectivity index (χ1v) is 6.32. The van der Waals surface area contributed by atoms with Crippen molar-refractivity contribution in [2.45, 2.75) is 64.7 Å². The van der Waals surface area contributed by atoms with Crippen molar-refractivity contribution in [2.24, 2.45) is 0 Å². The van der Waals surface area contributed by atoms with Crippen LogP contribution in [0.4, 0.5) is 0 Å². The molecule has 0 saturated carbocycles. The summed E-state index contributed by atoms with van der Waals surface area (Å²) in [6.07, 6.45) is -0.662. The maximum absolute atomic E-state index is 5.84. The zero-order valence-electron chi connectivity index (χ0n) is 11.5. The molecule has 18 heavy (non-hydrogen) atoms. The third kappa shape index (κ3) is 1.95. The topological polar surface area (TPSA) is 46.2 Å². The van der Waals surface area contributed by atoms with Gasteiger partial charge in [0.15, 0.2) is 11.6 Å². The van der Waals surface area contributed by atoms with E-state index < -0.39 is 11.6 Å². The Labute approximate surface area is 107 Å². The number of fused-ring (bicyclic) bond motifs is 1. The van der Waals surface area contributed by atoms with Crippen LogP contribution in [0.1, 0.15) is 34.6 Å². The fraction of sp³-hybridized carbons (Fsp3) is 0.846. The molecule has 5 nitrogen and oxygen atoms in total. The highest BCUT2D eigenvalue weighted by Crippen LogP contribution is 2.42. The van der Waals surface area contributed by atoms with Gasteiger partial charge in [0.05, 0.1) is 6.61 Å². The maximum atomic E-state index is 5.84. The van der Waals surface area contributed by atoms with Crippen molar-refractivity contribution in [2.75, 3.05) is 6.61 Å². The molecule has 0 aliphatic carbocycles. The number of rotatable bonds is 1. The van der Waals surface area contributed by atoms with Crippen molar-refractivity contribution < 1.29 is 23.7 Å². The second kappa shape index (κ2) is 3.70. The van der Waals surface area contributed by atoms with Gasteiger partial charge in [-0.15, -0.1) is 0 Å². The van der Waals surface area contributed by atoms with Gasteiger partial charge in [0.25, 0.3) is 0 Å². The minimum absolute atomic E-state index is 0.137. The molecule has 0 aromatic rings. The average molecular weight is 256 g/mol. The summed E-state index contributed by atoms with van der Waals surface area (Å²) in [6, 6.07) is 0. The molecule has 0 spiro atoms. The molecule has 3 aliphatic rings. The first-order chi connectivity index (χ1) is 8.27. The molecule has 0 radical (unpaired) electrons. The van der Waals surface area contributed by atoms with E-state index in [4.69, 9.17) is 23.7 Å². The van der Waals surface area contributed by atoms with Gasteiger partial charge < -0.3 is 23.7 Å². The summed E-state index contributed by atoms with van der Waals surface area (Å²) >= 11 is 0. The highest BCUT2D eigenvalue weighted by Gasteiger charge is 2.51. The summed E-state index contributed by atoms with van der Waals surface area (Å²) in [6.45, 7) is 10.1. The van der Waals surface area contributed by atoms with Crippen LogP contribution in [0.15, 0.2) is 11.3 Å². The minimum atomic E-state index is -0.589. The van der Waals surface area contributed by atoms with Crippen LogP contribution in [0.3, 0.4) is 0 Å². The molecule has 102 valence electrons. The Balaban J connectivity index is 1.78. The monoisotopic (exact) mass is 256 g/mol. The molecular formula is C13H20O5. The second-order valence-electron chi connectivity index (χ2n) is 5.91. The Morgan fingerprint density at radius 3 is 2.28 bits per heavy atom. The largest absolute Gasteiger partial charge is 0.463 e. The van der Waals surface area contributed by atoms with Crippen LogP contribution < -0.4 is 0 Å². The van der Waals surface area contributed by atoms with Gasteiger partial charge >= 0.3 is 0 Å². The second-order valence-corrected chi connectivity index (χ2v) is 5.91. The van der Waals surface area contributed by atoms with Crippen LogP contribution in [-0.4, -0.2) is 36.7 Å². The Bertz CT molecular complexity index is 398. The highest BCUT2D eigenvalue weighted by atomic mass is 16.8. The van der Waals surface area contributed by atoms with Gasteiger partial charge in [-0.3, -0.25) is 0 Å². The summed E-state index contributed by atoms with van der Waals surface area (Å²) in [4.78, 5) is 0. The Hall–Kier alpha value is -0.620. The molecule has 3 heterocycles. The summed E-state index contributed by atoms with van der Waals surface area (Å²) in [5.41, 5.74) is 1.04. The van der Waals surface area contributed by atoms with Gasteiger partial charge in [-0.2, -0.15) is 0 Å². The van der Waals surface area contributed by atoms with E-state index in [1.54, 1.807) is 0 Å². The average Bonchev–Trinajstić information content (AvgIpc) is 2.81. The van der Waals surface area contributed by atoms with Crippen molar-refractivity contribution in [3.8, 4) is 0 Å². The smallest absolute Gasteiger partial charge is 0.232 e. The van der Waals surface area contributed by atoms with E-state index in [-0.39, 0.29) is 18.5 Å². The van der Waals surface area contributed by atoms with E-state index in [9.17, 15) is 0 Å². The third-order valence-electron chi connectivity index (χ3n) is 3.42. The van der Waals surface area contributed by atoms with Gasteiger partial charge in [0.1, 0.15) is 18.0 Å². The predicted octanol–water partition coefficient (Wildman–Crippen LogP) is 1.92. The number of hydrogen-bond donors (Lipinski definition) is 0. The van der Waals surface area contributed by atoms with E-state index in [0.29, 0.717) is 6.61 Å². The van der Waals surface area contributed by atoms with E-state index >= 15 is 0 Å². The predicted molar refractivity (Wildman–Crippen MR) is 62.5 cm³/mol. The lowest BCUT2D eigenvalue weighted by molar-refractivity contribution is -0.188. The molecular weight excluding hydrogens is 236 g/mol. The number of hydrogen-bond acceptors (Lipinski definition) is 5. The Kier molecular flexibility index (Phi) is 2.55. The summed E-state index contributed by atoms with van der Waals surface area (Å²) in [5.74, 6) is -0.347. The SMILES string of the molecule is CC1=C([C@H]2COC(C)(C)O2)O[C@@H]2OC(C)(C)O[C@H]12. The summed E-state index contributed by atoms with van der Waals surface area (Å²) in [7, 11) is 0. The van der Waals surface area contributed by atoms with Crippen molar-refractivity contribution >= 4 is 0 Å². The highest BCUT2D eigenvalue weighted by molar-refractivity contribution is 5.23. The quantitative estimate of drug-likeness (QED) is 0.717. The standard InChI is InChI=1S/C13H20O5/c1-7-9(8-6-14-12(2,3)16-8)15-11-10(7)17-13(4,5)18-11/h8,10-11H,6H2,1-5H3/t8-,10-,11-/m1/s1. The lowest BCUT2D eigenvalue weighted by Gasteiger charge is -2.21. The summed E-state index contributed by atoms with van der Waals surface area (Å²) in [5, 5.41) is 0. The van der Waals surface area contributed by atoms with E-state index in [2.05, 4.69) is 0 Å². The molecule has 3 rings (SSSR count). The fourth-order valence-corrected chi connectivity index (χ4v) is 2.61. The third-order valence-corrected chi connectivity index (χ3v) is 3.42. The molecule has 5 heteroatoms. The Morgan fingerprint density at radius 1 is 1.00 bits per heavy atom. The molecule has 0 N–H and O–H groups in total. The van der Waals surface area contributed by atoms with Crippen LogP contribution in [0.2, 0.25) is 0 Å². The zero-order valence-corrected chi connectivity index (χ0v) is 11.5. The van der Waals surface area contributed by atoms with Crippen LogP contribution in [0.25, 0.3) is 0 Å². The fourth-order valence-electron chi connectivity index (χ4n) is 2.61. The van der Waals surface area contributed by atoms with Crippen molar-refractivity contribution in [1.82, 2.24) is 0 Å². The lowest BCUT2D eigenvalue weighted by Crippen LogP contribution is -2.26. The first kappa shape index (κ1) is 12.4. The molecule has 0 bridgehead atoms. The van der Waals surface area contributed by atoms with Gasteiger partial charge in [0.2, 0.25) is 6.29 Å². The number of ether oxygens (including phenoxy) is 5. The molecule has 2 fully saturated rings. The van der Waals surface area contributed by atoms with Gasteiger partial charge in [-0.25, -0.2) is 0 Å². The van der Waals surface area contributed by atoms with Crippen LogP contribution in [-0.2, 0) is 23.7 Å². The van der Waals surface area contributed by atoms with Crippen molar-refractivity contribution in [1.29, 1.82) is 0 Å². The van der Waals surface area contributed by atoms with Crippen molar-refractivity contribution in [3.05, 3.63) is 11.3 Å².